The normalized spacial score (nSPS) is 20.3. The molecule has 0 aromatic heterocycles. The van der Waals surface area contributed by atoms with Crippen molar-refractivity contribution in [3.05, 3.63) is 34.5 Å². The van der Waals surface area contributed by atoms with Gasteiger partial charge in [-0.2, -0.15) is 0 Å². The molecule has 0 saturated carbocycles. The highest BCUT2D eigenvalue weighted by Gasteiger charge is 2.34. The molecule has 120 valence electrons. The van der Waals surface area contributed by atoms with E-state index < -0.39 is 24.1 Å². The molecule has 1 aromatic rings. The van der Waals surface area contributed by atoms with Gasteiger partial charge in [-0.15, -0.1) is 0 Å². The van der Waals surface area contributed by atoms with Gasteiger partial charge in [-0.25, -0.2) is 14.0 Å². The van der Waals surface area contributed by atoms with E-state index in [1.165, 1.54) is 17.0 Å². The Bertz CT molecular complexity index is 706. The van der Waals surface area contributed by atoms with E-state index in [9.17, 15) is 14.0 Å². The maximum Gasteiger partial charge on any atom is 0.414 e. The molecule has 2 aliphatic heterocycles. The van der Waals surface area contributed by atoms with Crippen molar-refractivity contribution < 1.29 is 23.5 Å². The summed E-state index contributed by atoms with van der Waals surface area (Å²) in [5, 5.41) is 3.34. The minimum absolute atomic E-state index is 0.0158. The van der Waals surface area contributed by atoms with Gasteiger partial charge >= 0.3 is 12.2 Å². The summed E-state index contributed by atoms with van der Waals surface area (Å²) >= 11 is 0. The molecule has 2 aliphatic rings. The number of hydrogen-bond donors (Lipinski definition) is 0. The molecule has 2 saturated heterocycles. The lowest BCUT2D eigenvalue weighted by molar-refractivity contribution is 0.145. The number of hydrogen-bond acceptors (Lipinski definition) is 5. The minimum atomic E-state index is -0.713. The molecular weight excluding hydrogens is 309 g/mol. The van der Waals surface area contributed by atoms with Crippen LogP contribution < -0.4 is 9.80 Å². The summed E-state index contributed by atoms with van der Waals surface area (Å²) in [6.07, 6.45) is -1.87. The second kappa shape index (κ2) is 6.01. The van der Waals surface area contributed by atoms with Crippen LogP contribution in [0.15, 0.2) is 23.3 Å². The molecule has 9 nitrogen and oxygen atoms in total. The third-order valence-electron chi connectivity index (χ3n) is 3.52. The van der Waals surface area contributed by atoms with E-state index >= 15 is 0 Å². The lowest BCUT2D eigenvalue weighted by atomic mass is 10.2. The molecule has 0 N–H and O–H groups in total. The maximum atomic E-state index is 14.3. The zero-order valence-corrected chi connectivity index (χ0v) is 11.9. The predicted molar refractivity (Wildman–Crippen MR) is 76.7 cm³/mol. The van der Waals surface area contributed by atoms with Crippen LogP contribution in [0.2, 0.25) is 0 Å². The molecule has 2 fully saturated rings. The van der Waals surface area contributed by atoms with Gasteiger partial charge in [0.1, 0.15) is 18.5 Å². The van der Waals surface area contributed by atoms with Gasteiger partial charge < -0.3 is 9.47 Å². The first kappa shape index (κ1) is 14.9. The van der Waals surface area contributed by atoms with E-state index in [4.69, 9.17) is 15.0 Å². The van der Waals surface area contributed by atoms with Crippen LogP contribution in [0.25, 0.3) is 10.4 Å². The Morgan fingerprint density at radius 2 is 2.17 bits per heavy atom. The Balaban J connectivity index is 1.79. The highest BCUT2D eigenvalue weighted by molar-refractivity contribution is 5.92. The van der Waals surface area contributed by atoms with Crippen molar-refractivity contribution in [2.24, 2.45) is 5.11 Å². The van der Waals surface area contributed by atoms with Crippen molar-refractivity contribution in [2.75, 3.05) is 36.0 Å². The van der Waals surface area contributed by atoms with Gasteiger partial charge in [-0.3, -0.25) is 9.80 Å². The van der Waals surface area contributed by atoms with E-state index in [0.717, 1.165) is 11.0 Å². The Morgan fingerprint density at radius 3 is 2.83 bits per heavy atom. The summed E-state index contributed by atoms with van der Waals surface area (Å²) in [5.74, 6) is -0.663. The molecule has 0 spiro atoms. The Morgan fingerprint density at radius 1 is 1.35 bits per heavy atom. The first-order valence-electron chi connectivity index (χ1n) is 6.83. The van der Waals surface area contributed by atoms with Crippen LogP contribution in [0.5, 0.6) is 0 Å². The second-order valence-electron chi connectivity index (χ2n) is 4.93. The molecule has 3 rings (SSSR count). The van der Waals surface area contributed by atoms with Crippen molar-refractivity contribution in [3.63, 3.8) is 0 Å². The first-order chi connectivity index (χ1) is 11.1. The average molecular weight is 321 g/mol. The van der Waals surface area contributed by atoms with E-state index in [0.29, 0.717) is 12.2 Å². The van der Waals surface area contributed by atoms with E-state index in [-0.39, 0.29) is 25.4 Å². The molecule has 23 heavy (non-hydrogen) atoms. The molecule has 0 bridgehead atoms. The van der Waals surface area contributed by atoms with Crippen LogP contribution in [0, 0.1) is 5.82 Å². The fourth-order valence-corrected chi connectivity index (χ4v) is 2.45. The van der Waals surface area contributed by atoms with Crippen molar-refractivity contribution in [2.45, 2.75) is 6.10 Å². The monoisotopic (exact) mass is 321 g/mol. The smallest absolute Gasteiger partial charge is 0.414 e. The van der Waals surface area contributed by atoms with E-state index in [1.807, 2.05) is 0 Å². The number of nitrogens with zero attached hydrogens (tertiary/aromatic N) is 5. The SMILES string of the molecule is [N-]=[N+]=NC[C@H]1CN(c2ccc(N3CCOC3=O)cc2F)C(=O)O1. The van der Waals surface area contributed by atoms with Gasteiger partial charge in [-0.1, -0.05) is 5.11 Å². The first-order valence-corrected chi connectivity index (χ1v) is 6.83. The van der Waals surface area contributed by atoms with Crippen LogP contribution >= 0.6 is 0 Å². The fraction of sp³-hybridized carbons (Fsp3) is 0.385. The number of azide groups is 1. The van der Waals surface area contributed by atoms with Gasteiger partial charge in [0.2, 0.25) is 0 Å². The lowest BCUT2D eigenvalue weighted by Crippen LogP contribution is -2.27. The maximum absolute atomic E-state index is 14.3. The molecule has 1 atom stereocenters. The van der Waals surface area contributed by atoms with Crippen LogP contribution in [0.4, 0.5) is 25.4 Å². The highest BCUT2D eigenvalue weighted by atomic mass is 19.1. The quantitative estimate of drug-likeness (QED) is 0.482. The van der Waals surface area contributed by atoms with Crippen LogP contribution in [0.1, 0.15) is 0 Å². The van der Waals surface area contributed by atoms with Crippen molar-refractivity contribution >= 4 is 23.6 Å². The molecule has 0 unspecified atom stereocenters. The summed E-state index contributed by atoms with van der Waals surface area (Å²) in [6, 6.07) is 4.09. The summed E-state index contributed by atoms with van der Waals surface area (Å²) in [4.78, 5) is 28.3. The molecule has 1 aromatic carbocycles. The van der Waals surface area contributed by atoms with Crippen LogP contribution in [-0.2, 0) is 9.47 Å². The van der Waals surface area contributed by atoms with Gasteiger partial charge in [0.25, 0.3) is 0 Å². The topological polar surface area (TPSA) is 108 Å². The number of cyclic esters (lactones) is 2. The van der Waals surface area contributed by atoms with E-state index in [1.54, 1.807) is 0 Å². The number of carbonyl (C=O) groups is 2. The summed E-state index contributed by atoms with van der Waals surface area (Å²) in [5.41, 5.74) is 8.67. The molecule has 0 radical (unpaired) electrons. The Hall–Kier alpha value is -3.00. The van der Waals surface area contributed by atoms with Crippen molar-refractivity contribution in [1.82, 2.24) is 0 Å². The second-order valence-corrected chi connectivity index (χ2v) is 4.93. The standard InChI is InChI=1S/C13H12FN5O4/c14-10-5-8(18-3-4-22-12(18)20)1-2-11(10)19-7-9(6-16-17-15)23-13(19)21/h1-2,5,9H,3-4,6-7H2/t9-/m0/s1. The zero-order valence-electron chi connectivity index (χ0n) is 11.9. The fourth-order valence-electron chi connectivity index (χ4n) is 2.45. The van der Waals surface area contributed by atoms with Crippen LogP contribution in [-0.4, -0.2) is 44.5 Å². The third kappa shape index (κ3) is 2.84. The number of benzene rings is 1. The molecule has 0 aliphatic carbocycles. The number of anilines is 2. The predicted octanol–water partition coefficient (Wildman–Crippen LogP) is 2.42. The summed E-state index contributed by atoms with van der Waals surface area (Å²) in [7, 11) is 0. The largest absolute Gasteiger partial charge is 0.447 e. The van der Waals surface area contributed by atoms with Crippen LogP contribution in [0.3, 0.4) is 0 Å². The number of ether oxygens (including phenoxy) is 2. The minimum Gasteiger partial charge on any atom is -0.447 e. The Labute approximate surface area is 129 Å². The molecule has 2 amide bonds. The van der Waals surface area contributed by atoms with Gasteiger partial charge in [0.05, 0.1) is 31.0 Å². The molecular formula is C13H12FN5O4. The van der Waals surface area contributed by atoms with E-state index in [2.05, 4.69) is 10.0 Å². The third-order valence-corrected chi connectivity index (χ3v) is 3.52. The van der Waals surface area contributed by atoms with Crippen molar-refractivity contribution in [3.8, 4) is 0 Å². The number of halogens is 1. The van der Waals surface area contributed by atoms with Gasteiger partial charge in [0.15, 0.2) is 0 Å². The zero-order chi connectivity index (χ0) is 16.4. The summed E-state index contributed by atoms with van der Waals surface area (Å²) < 4.78 is 24.1. The lowest BCUT2D eigenvalue weighted by Gasteiger charge is -2.17. The molecule has 10 heteroatoms. The number of amides is 2. The van der Waals surface area contributed by atoms with Gasteiger partial charge in [-0.05, 0) is 23.7 Å². The average Bonchev–Trinajstić information content (AvgIpc) is 3.11. The molecule has 2 heterocycles. The number of carbonyl (C=O) groups excluding carboxylic acids is 2. The van der Waals surface area contributed by atoms with Crippen molar-refractivity contribution in [1.29, 1.82) is 0 Å². The Kier molecular flexibility index (Phi) is 3.90. The van der Waals surface area contributed by atoms with Gasteiger partial charge in [0, 0.05) is 4.91 Å². The highest BCUT2D eigenvalue weighted by Crippen LogP contribution is 2.29. The number of rotatable bonds is 4. The summed E-state index contributed by atoms with van der Waals surface area (Å²) in [6.45, 7) is 0.664.